The third kappa shape index (κ3) is 2.47. The van der Waals surface area contributed by atoms with E-state index < -0.39 is 0 Å². The standard InChI is InChI=1S/C13H19N3OS/c1-4-14-6-5-7-16-8-15-12-11(13(16)17)9(2)10(3)18-12/h8,14H,4-7H2,1-3H3. The van der Waals surface area contributed by atoms with Crippen LogP contribution in [0.5, 0.6) is 0 Å². The molecular formula is C13H19N3OS. The van der Waals surface area contributed by atoms with Gasteiger partial charge in [0.25, 0.3) is 5.56 Å². The summed E-state index contributed by atoms with van der Waals surface area (Å²) >= 11 is 1.60. The lowest BCUT2D eigenvalue weighted by Gasteiger charge is -2.05. The highest BCUT2D eigenvalue weighted by atomic mass is 32.1. The summed E-state index contributed by atoms with van der Waals surface area (Å²) in [6.07, 6.45) is 2.62. The van der Waals surface area contributed by atoms with Crippen molar-refractivity contribution in [2.24, 2.45) is 0 Å². The van der Waals surface area contributed by atoms with Gasteiger partial charge in [-0.1, -0.05) is 6.92 Å². The van der Waals surface area contributed by atoms with E-state index in [1.54, 1.807) is 22.2 Å². The minimum atomic E-state index is 0.0957. The molecule has 2 rings (SSSR count). The molecule has 0 radical (unpaired) electrons. The van der Waals surface area contributed by atoms with Crippen molar-refractivity contribution in [1.82, 2.24) is 14.9 Å². The Morgan fingerprint density at radius 3 is 2.94 bits per heavy atom. The first-order valence-electron chi connectivity index (χ1n) is 6.31. The number of hydrogen-bond acceptors (Lipinski definition) is 4. The van der Waals surface area contributed by atoms with Crippen molar-refractivity contribution < 1.29 is 0 Å². The maximum atomic E-state index is 12.3. The molecule has 0 aliphatic heterocycles. The minimum absolute atomic E-state index is 0.0957. The van der Waals surface area contributed by atoms with Gasteiger partial charge in [-0.15, -0.1) is 11.3 Å². The summed E-state index contributed by atoms with van der Waals surface area (Å²) in [5, 5.41) is 4.05. The predicted octanol–water partition coefficient (Wildman–Crippen LogP) is 2.07. The van der Waals surface area contributed by atoms with E-state index in [4.69, 9.17) is 0 Å². The van der Waals surface area contributed by atoms with Gasteiger partial charge in [-0.25, -0.2) is 4.98 Å². The van der Waals surface area contributed by atoms with Crippen LogP contribution in [0.2, 0.25) is 0 Å². The van der Waals surface area contributed by atoms with Gasteiger partial charge in [0.05, 0.1) is 11.7 Å². The molecule has 0 aromatic carbocycles. The van der Waals surface area contributed by atoms with Gasteiger partial charge in [0.2, 0.25) is 0 Å². The average Bonchev–Trinajstić information content (AvgIpc) is 2.64. The Hall–Kier alpha value is -1.20. The Morgan fingerprint density at radius 2 is 2.22 bits per heavy atom. The molecule has 2 aromatic heterocycles. The number of nitrogens with zero attached hydrogens (tertiary/aromatic N) is 2. The fraction of sp³-hybridized carbons (Fsp3) is 0.538. The van der Waals surface area contributed by atoms with E-state index in [0.29, 0.717) is 0 Å². The van der Waals surface area contributed by atoms with E-state index in [1.807, 2.05) is 13.8 Å². The van der Waals surface area contributed by atoms with Gasteiger partial charge in [-0.05, 0) is 38.9 Å². The number of rotatable bonds is 5. The van der Waals surface area contributed by atoms with Crippen LogP contribution in [0.15, 0.2) is 11.1 Å². The lowest BCUT2D eigenvalue weighted by molar-refractivity contribution is 0.577. The maximum absolute atomic E-state index is 12.3. The van der Waals surface area contributed by atoms with Crippen LogP contribution in [0, 0.1) is 13.8 Å². The Labute approximate surface area is 111 Å². The maximum Gasteiger partial charge on any atom is 0.262 e. The molecule has 5 heteroatoms. The molecule has 0 aliphatic carbocycles. The summed E-state index contributed by atoms with van der Waals surface area (Å²) in [6, 6.07) is 0. The van der Waals surface area contributed by atoms with Crippen LogP contribution < -0.4 is 10.9 Å². The molecule has 0 fully saturated rings. The number of hydrogen-bond donors (Lipinski definition) is 1. The van der Waals surface area contributed by atoms with Gasteiger partial charge in [-0.2, -0.15) is 0 Å². The normalized spacial score (nSPS) is 11.3. The number of nitrogens with one attached hydrogen (secondary N) is 1. The zero-order valence-electron chi connectivity index (χ0n) is 11.1. The van der Waals surface area contributed by atoms with E-state index in [0.717, 1.165) is 41.8 Å². The van der Waals surface area contributed by atoms with Crippen molar-refractivity contribution in [2.45, 2.75) is 33.7 Å². The number of aromatic nitrogens is 2. The molecule has 0 saturated carbocycles. The first kappa shape index (κ1) is 13.2. The quantitative estimate of drug-likeness (QED) is 0.842. The first-order valence-corrected chi connectivity index (χ1v) is 7.12. The Kier molecular flexibility index (Phi) is 4.14. The largest absolute Gasteiger partial charge is 0.317 e. The number of fused-ring (bicyclic) bond motifs is 1. The van der Waals surface area contributed by atoms with Crippen molar-refractivity contribution in [1.29, 1.82) is 0 Å². The van der Waals surface area contributed by atoms with E-state index >= 15 is 0 Å². The summed E-state index contributed by atoms with van der Waals surface area (Å²) < 4.78 is 1.72. The molecule has 0 atom stereocenters. The second kappa shape index (κ2) is 5.63. The van der Waals surface area contributed by atoms with Crippen molar-refractivity contribution in [3.05, 3.63) is 27.1 Å². The van der Waals surface area contributed by atoms with Crippen LogP contribution >= 0.6 is 11.3 Å². The molecule has 2 heterocycles. The van der Waals surface area contributed by atoms with Gasteiger partial charge in [0.15, 0.2) is 0 Å². The highest BCUT2D eigenvalue weighted by molar-refractivity contribution is 7.18. The minimum Gasteiger partial charge on any atom is -0.317 e. The fourth-order valence-corrected chi connectivity index (χ4v) is 2.97. The summed E-state index contributed by atoms with van der Waals surface area (Å²) in [5.41, 5.74) is 1.17. The van der Waals surface area contributed by atoms with Crippen LogP contribution in [0.4, 0.5) is 0 Å². The predicted molar refractivity (Wildman–Crippen MR) is 76.5 cm³/mol. The Morgan fingerprint density at radius 1 is 1.44 bits per heavy atom. The SMILES string of the molecule is CCNCCCn1cnc2sc(C)c(C)c2c1=O. The molecule has 2 aromatic rings. The van der Waals surface area contributed by atoms with E-state index in [9.17, 15) is 4.79 Å². The van der Waals surface area contributed by atoms with Crippen molar-refractivity contribution in [3.63, 3.8) is 0 Å². The molecule has 0 amide bonds. The van der Waals surface area contributed by atoms with Crippen LogP contribution in [-0.2, 0) is 6.54 Å². The third-order valence-corrected chi connectivity index (χ3v) is 4.27. The van der Waals surface area contributed by atoms with Gasteiger partial charge >= 0.3 is 0 Å². The zero-order valence-corrected chi connectivity index (χ0v) is 11.9. The second-order valence-corrected chi connectivity index (χ2v) is 5.62. The molecule has 0 saturated heterocycles. The molecule has 0 aliphatic rings. The van der Waals surface area contributed by atoms with Crippen molar-refractivity contribution in [3.8, 4) is 0 Å². The molecule has 0 spiro atoms. The van der Waals surface area contributed by atoms with Crippen LogP contribution in [-0.4, -0.2) is 22.6 Å². The second-order valence-electron chi connectivity index (χ2n) is 4.41. The van der Waals surface area contributed by atoms with Crippen molar-refractivity contribution in [2.75, 3.05) is 13.1 Å². The van der Waals surface area contributed by atoms with Gasteiger partial charge in [-0.3, -0.25) is 9.36 Å². The summed E-state index contributed by atoms with van der Waals surface area (Å²) in [4.78, 5) is 18.8. The zero-order chi connectivity index (χ0) is 13.1. The van der Waals surface area contributed by atoms with Gasteiger partial charge in [0.1, 0.15) is 4.83 Å². The third-order valence-electron chi connectivity index (χ3n) is 3.16. The highest BCUT2D eigenvalue weighted by Crippen LogP contribution is 2.25. The molecule has 0 unspecified atom stereocenters. The molecular weight excluding hydrogens is 246 g/mol. The fourth-order valence-electron chi connectivity index (χ4n) is 1.98. The van der Waals surface area contributed by atoms with Crippen LogP contribution in [0.25, 0.3) is 10.2 Å². The first-order chi connectivity index (χ1) is 8.65. The van der Waals surface area contributed by atoms with E-state index in [2.05, 4.69) is 17.2 Å². The summed E-state index contributed by atoms with van der Waals surface area (Å²) in [7, 11) is 0. The number of thiophene rings is 1. The highest BCUT2D eigenvalue weighted by Gasteiger charge is 2.11. The molecule has 18 heavy (non-hydrogen) atoms. The van der Waals surface area contributed by atoms with Gasteiger partial charge in [0, 0.05) is 11.4 Å². The Bertz CT molecular complexity index is 600. The molecule has 1 N–H and O–H groups in total. The lowest BCUT2D eigenvalue weighted by atomic mass is 10.2. The molecule has 0 bridgehead atoms. The summed E-state index contributed by atoms with van der Waals surface area (Å²) in [5.74, 6) is 0. The lowest BCUT2D eigenvalue weighted by Crippen LogP contribution is -2.23. The van der Waals surface area contributed by atoms with E-state index in [-0.39, 0.29) is 5.56 Å². The van der Waals surface area contributed by atoms with Gasteiger partial charge < -0.3 is 5.32 Å². The van der Waals surface area contributed by atoms with Crippen molar-refractivity contribution >= 4 is 21.6 Å². The average molecular weight is 265 g/mol. The van der Waals surface area contributed by atoms with E-state index in [1.165, 1.54) is 4.88 Å². The number of aryl methyl sites for hydroxylation is 3. The smallest absolute Gasteiger partial charge is 0.262 e. The van der Waals surface area contributed by atoms with Crippen LogP contribution in [0.1, 0.15) is 23.8 Å². The molecule has 98 valence electrons. The molecule has 4 nitrogen and oxygen atoms in total. The topological polar surface area (TPSA) is 46.9 Å². The monoisotopic (exact) mass is 265 g/mol. The summed E-state index contributed by atoms with van der Waals surface area (Å²) in [6.45, 7) is 8.74. The Balaban J connectivity index is 2.27. The van der Waals surface area contributed by atoms with Crippen LogP contribution in [0.3, 0.4) is 0 Å².